The van der Waals surface area contributed by atoms with Gasteiger partial charge in [0.1, 0.15) is 0 Å². The lowest BCUT2D eigenvalue weighted by atomic mass is 10.2. The van der Waals surface area contributed by atoms with Gasteiger partial charge in [-0.2, -0.15) is 0 Å². The Morgan fingerprint density at radius 3 is 2.80 bits per heavy atom. The fraction of sp³-hybridized carbons (Fsp3) is 0.111. The molecule has 0 amide bonds. The number of hydrogen-bond acceptors (Lipinski definition) is 1. The summed E-state index contributed by atoms with van der Waals surface area (Å²) in [6, 6.07) is 8.48. The first-order valence-electron chi connectivity index (χ1n) is 3.31. The number of benzene rings is 1. The summed E-state index contributed by atoms with van der Waals surface area (Å²) in [5, 5.41) is 4.96. The summed E-state index contributed by atoms with van der Waals surface area (Å²) >= 11 is 1.82. The predicted octanol–water partition coefficient (Wildman–Crippen LogP) is 3.21. The SMILES string of the molecule is Cc1scc2ccccc12. The Morgan fingerprint density at radius 1 is 1.20 bits per heavy atom. The molecule has 0 bridgehead atoms. The highest BCUT2D eigenvalue weighted by atomic mass is 32.1. The van der Waals surface area contributed by atoms with Crippen LogP contribution < -0.4 is 0 Å². The van der Waals surface area contributed by atoms with Crippen LogP contribution in [0.15, 0.2) is 29.6 Å². The van der Waals surface area contributed by atoms with Crippen LogP contribution in [0.3, 0.4) is 0 Å². The van der Waals surface area contributed by atoms with Crippen molar-refractivity contribution in [2.45, 2.75) is 6.92 Å². The molecule has 2 aromatic rings. The molecule has 0 aliphatic heterocycles. The molecular weight excluding hydrogens is 140 g/mol. The van der Waals surface area contributed by atoms with Gasteiger partial charge in [-0.05, 0) is 23.1 Å². The van der Waals surface area contributed by atoms with E-state index in [-0.39, 0.29) is 0 Å². The average molecular weight is 148 g/mol. The summed E-state index contributed by atoms with van der Waals surface area (Å²) in [4.78, 5) is 1.41. The zero-order valence-electron chi connectivity index (χ0n) is 5.79. The van der Waals surface area contributed by atoms with Crippen molar-refractivity contribution in [3.63, 3.8) is 0 Å². The largest absolute Gasteiger partial charge is 0.148 e. The molecule has 0 unspecified atom stereocenters. The van der Waals surface area contributed by atoms with E-state index in [9.17, 15) is 0 Å². The predicted molar refractivity (Wildman–Crippen MR) is 46.6 cm³/mol. The average Bonchev–Trinajstić information content (AvgIpc) is 2.34. The Morgan fingerprint density at radius 2 is 2.00 bits per heavy atom. The van der Waals surface area contributed by atoms with Crippen LogP contribution in [0.1, 0.15) is 4.88 Å². The Bertz CT molecular complexity index is 346. The third kappa shape index (κ3) is 0.745. The molecule has 0 radical (unpaired) electrons. The molecule has 10 heavy (non-hydrogen) atoms. The monoisotopic (exact) mass is 148 g/mol. The molecule has 0 saturated heterocycles. The van der Waals surface area contributed by atoms with Crippen LogP contribution in [-0.4, -0.2) is 0 Å². The Labute approximate surface area is 64.1 Å². The second-order valence-corrected chi connectivity index (χ2v) is 3.46. The van der Waals surface area contributed by atoms with Gasteiger partial charge in [0.2, 0.25) is 0 Å². The van der Waals surface area contributed by atoms with Gasteiger partial charge < -0.3 is 0 Å². The van der Waals surface area contributed by atoms with Crippen molar-refractivity contribution < 1.29 is 0 Å². The zero-order chi connectivity index (χ0) is 6.97. The van der Waals surface area contributed by atoms with E-state index in [1.54, 1.807) is 0 Å². The minimum atomic E-state index is 1.37. The maximum Gasteiger partial charge on any atom is 0.00927 e. The number of thiophene rings is 1. The molecule has 50 valence electrons. The fourth-order valence-corrected chi connectivity index (χ4v) is 1.96. The van der Waals surface area contributed by atoms with Crippen molar-refractivity contribution in [3.05, 3.63) is 34.5 Å². The zero-order valence-corrected chi connectivity index (χ0v) is 6.61. The lowest BCUT2D eigenvalue weighted by molar-refractivity contribution is 1.68. The quantitative estimate of drug-likeness (QED) is 0.538. The third-order valence-electron chi connectivity index (χ3n) is 1.70. The van der Waals surface area contributed by atoms with Gasteiger partial charge in [-0.1, -0.05) is 24.3 Å². The van der Waals surface area contributed by atoms with Gasteiger partial charge >= 0.3 is 0 Å². The van der Waals surface area contributed by atoms with Crippen molar-refractivity contribution in [2.24, 2.45) is 0 Å². The molecule has 1 aromatic carbocycles. The number of fused-ring (bicyclic) bond motifs is 1. The highest BCUT2D eigenvalue weighted by molar-refractivity contribution is 7.11. The van der Waals surface area contributed by atoms with E-state index in [1.807, 2.05) is 11.3 Å². The summed E-state index contributed by atoms with van der Waals surface area (Å²) in [5.74, 6) is 0. The molecule has 1 aromatic heterocycles. The first kappa shape index (κ1) is 5.93. The molecule has 0 aliphatic rings. The number of rotatable bonds is 0. The first-order chi connectivity index (χ1) is 4.88. The summed E-state index contributed by atoms with van der Waals surface area (Å²) in [6.45, 7) is 2.16. The van der Waals surface area contributed by atoms with Crippen molar-refractivity contribution >= 4 is 22.1 Å². The standard InChI is InChI=1S/C9H8S/c1-7-9-5-3-2-4-8(9)6-10-7/h2-6H,1H3. The highest BCUT2D eigenvalue weighted by Gasteiger charge is 1.95. The molecule has 0 aliphatic carbocycles. The van der Waals surface area contributed by atoms with Gasteiger partial charge in [0, 0.05) is 4.88 Å². The topological polar surface area (TPSA) is 0 Å². The molecule has 1 heterocycles. The van der Waals surface area contributed by atoms with Gasteiger partial charge in [0.25, 0.3) is 0 Å². The van der Waals surface area contributed by atoms with E-state index in [1.165, 1.54) is 15.6 Å². The second kappa shape index (κ2) is 2.10. The molecular formula is C9H8S. The van der Waals surface area contributed by atoms with Crippen LogP contribution in [-0.2, 0) is 0 Å². The van der Waals surface area contributed by atoms with Crippen molar-refractivity contribution in [1.29, 1.82) is 0 Å². The smallest absolute Gasteiger partial charge is 0.00927 e. The van der Waals surface area contributed by atoms with Gasteiger partial charge in [-0.3, -0.25) is 0 Å². The van der Waals surface area contributed by atoms with Crippen LogP contribution >= 0.6 is 11.3 Å². The van der Waals surface area contributed by atoms with E-state index in [0.717, 1.165) is 0 Å². The summed E-state index contributed by atoms with van der Waals surface area (Å²) < 4.78 is 0. The maximum absolute atomic E-state index is 2.20. The lowest BCUT2D eigenvalue weighted by Crippen LogP contribution is -1.63. The summed E-state index contributed by atoms with van der Waals surface area (Å²) in [6.07, 6.45) is 0. The fourth-order valence-electron chi connectivity index (χ4n) is 1.14. The van der Waals surface area contributed by atoms with Crippen LogP contribution in [0.5, 0.6) is 0 Å². The van der Waals surface area contributed by atoms with Gasteiger partial charge in [0.15, 0.2) is 0 Å². The van der Waals surface area contributed by atoms with Crippen LogP contribution in [0.25, 0.3) is 10.8 Å². The van der Waals surface area contributed by atoms with Gasteiger partial charge in [-0.25, -0.2) is 0 Å². The molecule has 2 rings (SSSR count). The second-order valence-electron chi connectivity index (χ2n) is 2.38. The molecule has 0 fully saturated rings. The number of hydrogen-bond donors (Lipinski definition) is 0. The summed E-state index contributed by atoms with van der Waals surface area (Å²) in [7, 11) is 0. The van der Waals surface area contributed by atoms with E-state index in [4.69, 9.17) is 0 Å². The Kier molecular flexibility index (Phi) is 1.24. The normalized spacial score (nSPS) is 10.5. The molecule has 0 N–H and O–H groups in total. The number of aryl methyl sites for hydroxylation is 1. The van der Waals surface area contributed by atoms with Crippen LogP contribution in [0, 0.1) is 6.92 Å². The summed E-state index contributed by atoms with van der Waals surface area (Å²) in [5.41, 5.74) is 0. The maximum atomic E-state index is 2.20. The molecule has 0 saturated carbocycles. The highest BCUT2D eigenvalue weighted by Crippen LogP contribution is 2.23. The lowest BCUT2D eigenvalue weighted by Gasteiger charge is -1.86. The first-order valence-corrected chi connectivity index (χ1v) is 4.19. The molecule has 0 nitrogen and oxygen atoms in total. The van der Waals surface area contributed by atoms with Gasteiger partial charge in [0.05, 0.1) is 0 Å². The molecule has 0 spiro atoms. The van der Waals surface area contributed by atoms with Crippen LogP contribution in [0.4, 0.5) is 0 Å². The van der Waals surface area contributed by atoms with E-state index < -0.39 is 0 Å². The minimum absolute atomic E-state index is 1.37. The Hall–Kier alpha value is -0.820. The van der Waals surface area contributed by atoms with E-state index in [2.05, 4.69) is 36.6 Å². The van der Waals surface area contributed by atoms with Crippen LogP contribution in [0.2, 0.25) is 0 Å². The third-order valence-corrected chi connectivity index (χ3v) is 2.65. The van der Waals surface area contributed by atoms with Crippen molar-refractivity contribution in [2.75, 3.05) is 0 Å². The van der Waals surface area contributed by atoms with E-state index >= 15 is 0 Å². The van der Waals surface area contributed by atoms with Gasteiger partial charge in [-0.15, -0.1) is 11.3 Å². The molecule has 1 heteroatoms. The van der Waals surface area contributed by atoms with Crippen molar-refractivity contribution in [3.8, 4) is 0 Å². The minimum Gasteiger partial charge on any atom is -0.148 e. The Balaban J connectivity index is 2.93. The van der Waals surface area contributed by atoms with Crippen molar-refractivity contribution in [1.82, 2.24) is 0 Å². The molecule has 0 atom stereocenters. The van der Waals surface area contributed by atoms with E-state index in [0.29, 0.717) is 0 Å².